The van der Waals surface area contributed by atoms with Crippen molar-refractivity contribution in [2.45, 2.75) is 23.6 Å². The van der Waals surface area contributed by atoms with E-state index in [0.717, 1.165) is 11.1 Å². The van der Waals surface area contributed by atoms with E-state index in [1.54, 1.807) is 7.11 Å². The van der Waals surface area contributed by atoms with E-state index in [-0.39, 0.29) is 22.2 Å². The molecule has 0 saturated carbocycles. The number of anilines is 1. The quantitative estimate of drug-likeness (QED) is 0.210. The summed E-state index contributed by atoms with van der Waals surface area (Å²) in [6, 6.07) is 25.3. The molecule has 7 nitrogen and oxygen atoms in total. The van der Waals surface area contributed by atoms with Crippen LogP contribution in [-0.2, 0) is 4.79 Å². The van der Waals surface area contributed by atoms with Gasteiger partial charge in [0.2, 0.25) is 5.91 Å². The third kappa shape index (κ3) is 6.40. The van der Waals surface area contributed by atoms with Crippen molar-refractivity contribution in [2.75, 3.05) is 12.4 Å². The second-order valence-electron chi connectivity index (χ2n) is 8.45. The average Bonchev–Trinajstić information content (AvgIpc) is 2.96. The van der Waals surface area contributed by atoms with Crippen molar-refractivity contribution >= 4 is 40.9 Å². The second-order valence-corrected chi connectivity index (χ2v) is 10.0. The van der Waals surface area contributed by atoms with Crippen LogP contribution >= 0.6 is 23.4 Å². The number of aromatic carboxylic acids is 1. The predicted octanol–water partition coefficient (Wildman–Crippen LogP) is 7.16. The molecular weight excluding hydrogens is 534 g/mol. The van der Waals surface area contributed by atoms with Gasteiger partial charge in [0.05, 0.1) is 39.9 Å². The number of ether oxygens (including phenoxy) is 1. The number of hydrogen-bond acceptors (Lipinski definition) is 6. The van der Waals surface area contributed by atoms with E-state index in [9.17, 15) is 20.0 Å². The highest BCUT2D eigenvalue weighted by Crippen LogP contribution is 2.37. The molecule has 1 unspecified atom stereocenters. The third-order valence-electron chi connectivity index (χ3n) is 5.96. The summed E-state index contributed by atoms with van der Waals surface area (Å²) in [5.74, 6) is -0.818. The molecule has 4 aromatic rings. The largest absolute Gasteiger partial charge is 0.497 e. The van der Waals surface area contributed by atoms with Gasteiger partial charge < -0.3 is 15.2 Å². The van der Waals surface area contributed by atoms with Crippen molar-refractivity contribution in [3.8, 4) is 34.2 Å². The second kappa shape index (κ2) is 12.5. The molecule has 0 radical (unpaired) electrons. The maximum atomic E-state index is 13.3. The standard InChI is InChI=1S/C30H24ClN3O4S/c1-3-27(28(35)33-26-15-20(30(36)37)11-14-24(26)31)39-29-23(17-32)22(18-9-12-21(38-2)13-10-18)16-25(34-29)19-7-5-4-6-8-19/h4-16,27H,3H2,1-2H3,(H,33,35)(H,36,37). The van der Waals surface area contributed by atoms with E-state index in [1.165, 1.54) is 30.0 Å². The summed E-state index contributed by atoms with van der Waals surface area (Å²) in [6.45, 7) is 1.85. The molecule has 0 aliphatic carbocycles. The molecule has 0 bridgehead atoms. The number of aromatic nitrogens is 1. The topological polar surface area (TPSA) is 112 Å². The lowest BCUT2D eigenvalue weighted by Gasteiger charge is -2.18. The van der Waals surface area contributed by atoms with Gasteiger partial charge in [-0.1, -0.05) is 72.8 Å². The average molecular weight is 558 g/mol. The Kier molecular flexibility index (Phi) is 8.87. The maximum Gasteiger partial charge on any atom is 0.335 e. The van der Waals surface area contributed by atoms with Crippen molar-refractivity contribution < 1.29 is 19.4 Å². The van der Waals surface area contributed by atoms with E-state index in [1.807, 2.05) is 67.6 Å². The van der Waals surface area contributed by atoms with Crippen LogP contribution in [0.4, 0.5) is 5.69 Å². The van der Waals surface area contributed by atoms with Gasteiger partial charge in [-0.05, 0) is 48.4 Å². The number of nitriles is 1. The molecule has 0 aliphatic rings. The first-order chi connectivity index (χ1) is 18.8. The van der Waals surface area contributed by atoms with Gasteiger partial charge in [0.1, 0.15) is 16.8 Å². The Morgan fingerprint density at radius 2 is 1.79 bits per heavy atom. The van der Waals surface area contributed by atoms with Crippen LogP contribution < -0.4 is 10.1 Å². The highest BCUT2D eigenvalue weighted by molar-refractivity contribution is 8.00. The highest BCUT2D eigenvalue weighted by Gasteiger charge is 2.24. The number of hydrogen-bond donors (Lipinski definition) is 2. The molecule has 1 amide bonds. The number of methoxy groups -OCH3 is 1. The number of carboxylic acid groups (broad SMARTS) is 1. The van der Waals surface area contributed by atoms with E-state index < -0.39 is 11.2 Å². The Morgan fingerprint density at radius 1 is 1.08 bits per heavy atom. The minimum absolute atomic E-state index is 0.00327. The van der Waals surface area contributed by atoms with Crippen molar-refractivity contribution in [3.63, 3.8) is 0 Å². The number of amides is 1. The molecule has 0 saturated heterocycles. The van der Waals surface area contributed by atoms with Crippen LogP contribution in [-0.4, -0.2) is 34.3 Å². The van der Waals surface area contributed by atoms with Crippen LogP contribution in [0, 0.1) is 11.3 Å². The Bertz CT molecular complexity index is 1550. The molecule has 39 heavy (non-hydrogen) atoms. The fourth-order valence-electron chi connectivity index (χ4n) is 3.89. The van der Waals surface area contributed by atoms with Crippen LogP contribution in [0.3, 0.4) is 0 Å². The fourth-order valence-corrected chi connectivity index (χ4v) is 5.09. The number of nitrogens with one attached hydrogen (secondary N) is 1. The van der Waals surface area contributed by atoms with Crippen LogP contribution in [0.5, 0.6) is 5.75 Å². The smallest absolute Gasteiger partial charge is 0.335 e. The molecule has 0 aliphatic heterocycles. The van der Waals surface area contributed by atoms with Gasteiger partial charge in [-0.25, -0.2) is 9.78 Å². The lowest BCUT2D eigenvalue weighted by molar-refractivity contribution is -0.115. The summed E-state index contributed by atoms with van der Waals surface area (Å²) < 4.78 is 5.28. The van der Waals surface area contributed by atoms with E-state index in [2.05, 4.69) is 11.4 Å². The molecular formula is C30H24ClN3O4S. The van der Waals surface area contributed by atoms with E-state index in [0.29, 0.717) is 34.0 Å². The lowest BCUT2D eigenvalue weighted by Crippen LogP contribution is -2.25. The van der Waals surface area contributed by atoms with Crippen LogP contribution in [0.2, 0.25) is 5.02 Å². The molecule has 0 spiro atoms. The van der Waals surface area contributed by atoms with Crippen LogP contribution in [0.15, 0.2) is 83.9 Å². The molecule has 9 heteroatoms. The summed E-state index contributed by atoms with van der Waals surface area (Å²) in [5.41, 5.74) is 3.58. The minimum Gasteiger partial charge on any atom is -0.497 e. The number of pyridine rings is 1. The van der Waals surface area contributed by atoms with Gasteiger partial charge >= 0.3 is 5.97 Å². The summed E-state index contributed by atoms with van der Waals surface area (Å²) in [7, 11) is 1.59. The van der Waals surface area contributed by atoms with Crippen molar-refractivity contribution in [1.82, 2.24) is 4.98 Å². The summed E-state index contributed by atoms with van der Waals surface area (Å²) in [4.78, 5) is 29.5. The summed E-state index contributed by atoms with van der Waals surface area (Å²) in [6.07, 6.45) is 0.423. The van der Waals surface area contributed by atoms with Gasteiger partial charge in [-0.3, -0.25) is 4.79 Å². The van der Waals surface area contributed by atoms with Gasteiger partial charge in [0.15, 0.2) is 0 Å². The molecule has 1 atom stereocenters. The number of nitrogens with zero attached hydrogens (tertiary/aromatic N) is 2. The molecule has 3 aromatic carbocycles. The Labute approximate surface area is 235 Å². The Hall–Kier alpha value is -4.32. The SMILES string of the molecule is CCC(Sc1nc(-c2ccccc2)cc(-c2ccc(OC)cc2)c1C#N)C(=O)Nc1cc(C(=O)O)ccc1Cl. The zero-order valence-electron chi connectivity index (χ0n) is 21.1. The number of benzene rings is 3. The molecule has 1 aromatic heterocycles. The van der Waals surface area contributed by atoms with Gasteiger partial charge in [-0.2, -0.15) is 5.26 Å². The lowest BCUT2D eigenvalue weighted by atomic mass is 9.99. The predicted molar refractivity (Wildman–Crippen MR) is 153 cm³/mol. The van der Waals surface area contributed by atoms with Crippen molar-refractivity contribution in [1.29, 1.82) is 5.26 Å². The molecule has 2 N–H and O–H groups in total. The first-order valence-electron chi connectivity index (χ1n) is 12.0. The number of halogens is 1. The molecule has 4 rings (SSSR count). The number of carbonyl (C=O) groups excluding carboxylic acids is 1. The number of rotatable bonds is 9. The van der Waals surface area contributed by atoms with Crippen molar-refractivity contribution in [3.05, 3.63) is 95.0 Å². The zero-order chi connectivity index (χ0) is 27.9. The normalized spacial score (nSPS) is 11.3. The van der Waals surface area contributed by atoms with Crippen LogP contribution in [0.25, 0.3) is 22.4 Å². The number of carboxylic acids is 1. The highest BCUT2D eigenvalue weighted by atomic mass is 35.5. The summed E-state index contributed by atoms with van der Waals surface area (Å²) in [5, 5.41) is 22.2. The Balaban J connectivity index is 1.75. The summed E-state index contributed by atoms with van der Waals surface area (Å²) >= 11 is 7.40. The fraction of sp³-hybridized carbons (Fsp3) is 0.133. The first kappa shape index (κ1) is 27.7. The molecule has 196 valence electrons. The zero-order valence-corrected chi connectivity index (χ0v) is 22.7. The van der Waals surface area contributed by atoms with Crippen molar-refractivity contribution in [2.24, 2.45) is 0 Å². The van der Waals surface area contributed by atoms with Crippen LogP contribution in [0.1, 0.15) is 29.3 Å². The first-order valence-corrected chi connectivity index (χ1v) is 13.3. The van der Waals surface area contributed by atoms with Gasteiger partial charge in [-0.15, -0.1) is 0 Å². The minimum atomic E-state index is -1.13. The number of carbonyl (C=O) groups is 2. The molecule has 1 heterocycles. The van der Waals surface area contributed by atoms with Gasteiger partial charge in [0, 0.05) is 11.1 Å². The number of thioether (sulfide) groups is 1. The van der Waals surface area contributed by atoms with Gasteiger partial charge in [0.25, 0.3) is 0 Å². The third-order valence-corrected chi connectivity index (χ3v) is 7.64. The molecule has 0 fully saturated rings. The Morgan fingerprint density at radius 3 is 2.41 bits per heavy atom. The monoisotopic (exact) mass is 557 g/mol. The van der Waals surface area contributed by atoms with E-state index >= 15 is 0 Å². The van der Waals surface area contributed by atoms with E-state index in [4.69, 9.17) is 21.3 Å². The maximum absolute atomic E-state index is 13.3.